The summed E-state index contributed by atoms with van der Waals surface area (Å²) in [6.07, 6.45) is 7.51. The predicted octanol–water partition coefficient (Wildman–Crippen LogP) is 1.91. The summed E-state index contributed by atoms with van der Waals surface area (Å²) < 4.78 is 1.87. The van der Waals surface area contributed by atoms with E-state index in [0.717, 1.165) is 38.6 Å². The molecule has 0 radical (unpaired) electrons. The highest BCUT2D eigenvalue weighted by molar-refractivity contribution is 5.93. The molecule has 1 aliphatic rings. The van der Waals surface area contributed by atoms with Gasteiger partial charge in [-0.15, -0.1) is 0 Å². The lowest BCUT2D eigenvalue weighted by Gasteiger charge is -2.32. The van der Waals surface area contributed by atoms with Crippen LogP contribution in [-0.2, 0) is 6.54 Å². The molecule has 1 aliphatic carbocycles. The Morgan fingerprint density at radius 2 is 2.15 bits per heavy atom. The van der Waals surface area contributed by atoms with Gasteiger partial charge in [-0.3, -0.25) is 4.79 Å². The minimum Gasteiger partial charge on any atom is -0.397 e. The molecule has 1 saturated carbocycles. The Morgan fingerprint density at radius 3 is 2.80 bits per heavy atom. The van der Waals surface area contributed by atoms with E-state index in [1.165, 1.54) is 6.42 Å². The van der Waals surface area contributed by atoms with Crippen molar-refractivity contribution in [2.24, 2.45) is 0 Å². The number of nitrogen functional groups attached to an aromatic ring is 1. The Balaban J connectivity index is 1.97. The van der Waals surface area contributed by atoms with Crippen LogP contribution < -0.4 is 11.1 Å². The first-order chi connectivity index (χ1) is 9.54. The third-order valence-corrected chi connectivity index (χ3v) is 3.98. The maximum absolute atomic E-state index is 12.2. The Bertz CT molecular complexity index is 462. The molecule has 0 aromatic carbocycles. The first kappa shape index (κ1) is 14.9. The summed E-state index contributed by atoms with van der Waals surface area (Å²) in [5.74, 6) is -0.158. The number of aromatic nitrogens is 1. The lowest BCUT2D eigenvalue weighted by atomic mass is 9.85. The molecule has 0 atom stereocenters. The molecule has 0 aliphatic heterocycles. The summed E-state index contributed by atoms with van der Waals surface area (Å²) in [5, 5.41) is 13.3. The van der Waals surface area contributed by atoms with Gasteiger partial charge in [-0.1, -0.05) is 26.2 Å². The van der Waals surface area contributed by atoms with E-state index in [4.69, 9.17) is 5.73 Å². The Morgan fingerprint density at radius 1 is 1.45 bits per heavy atom. The van der Waals surface area contributed by atoms with E-state index >= 15 is 0 Å². The average molecular weight is 279 g/mol. The molecule has 1 aromatic heterocycles. The van der Waals surface area contributed by atoms with E-state index in [1.54, 1.807) is 12.3 Å². The van der Waals surface area contributed by atoms with Crippen LogP contribution in [0.5, 0.6) is 0 Å². The normalized spacial score (nSPS) is 17.9. The molecule has 0 spiro atoms. The second kappa shape index (κ2) is 6.31. The van der Waals surface area contributed by atoms with Gasteiger partial charge in [0.25, 0.3) is 5.91 Å². The van der Waals surface area contributed by atoms with Crippen LogP contribution in [-0.4, -0.2) is 27.7 Å². The molecule has 2 rings (SSSR count). The zero-order chi connectivity index (χ0) is 14.6. The van der Waals surface area contributed by atoms with Gasteiger partial charge < -0.3 is 20.7 Å². The van der Waals surface area contributed by atoms with Crippen molar-refractivity contribution in [1.29, 1.82) is 0 Å². The van der Waals surface area contributed by atoms with Crippen LogP contribution in [0.3, 0.4) is 0 Å². The van der Waals surface area contributed by atoms with Crippen LogP contribution in [0.4, 0.5) is 5.69 Å². The topological polar surface area (TPSA) is 80.3 Å². The molecule has 5 heteroatoms. The van der Waals surface area contributed by atoms with Crippen molar-refractivity contribution in [3.05, 3.63) is 18.0 Å². The molecule has 1 fully saturated rings. The molecule has 4 N–H and O–H groups in total. The first-order valence-corrected chi connectivity index (χ1v) is 7.50. The number of aryl methyl sites for hydroxylation is 1. The van der Waals surface area contributed by atoms with Crippen molar-refractivity contribution in [2.45, 2.75) is 57.6 Å². The maximum Gasteiger partial charge on any atom is 0.268 e. The number of nitrogens with zero attached hydrogens (tertiary/aromatic N) is 1. The number of amides is 1. The van der Waals surface area contributed by atoms with Gasteiger partial charge in [-0.25, -0.2) is 0 Å². The number of hydrogen-bond donors (Lipinski definition) is 3. The van der Waals surface area contributed by atoms with Gasteiger partial charge in [0.1, 0.15) is 5.69 Å². The fourth-order valence-corrected chi connectivity index (χ4v) is 2.87. The quantitative estimate of drug-likeness (QED) is 0.770. The van der Waals surface area contributed by atoms with Gasteiger partial charge in [0.05, 0.1) is 11.3 Å². The third-order valence-electron chi connectivity index (χ3n) is 3.98. The van der Waals surface area contributed by atoms with Crippen LogP contribution in [0.2, 0.25) is 0 Å². The highest BCUT2D eigenvalue weighted by Gasteiger charge is 2.29. The summed E-state index contributed by atoms with van der Waals surface area (Å²) >= 11 is 0. The minimum absolute atomic E-state index is 0.158. The second-order valence-electron chi connectivity index (χ2n) is 5.82. The van der Waals surface area contributed by atoms with Gasteiger partial charge in [0, 0.05) is 19.3 Å². The van der Waals surface area contributed by atoms with E-state index in [0.29, 0.717) is 17.9 Å². The SMILES string of the molecule is CCCn1cc(N)cc1C(=O)NCC1(O)CCCCC1. The molecule has 1 heterocycles. The number of carbonyl (C=O) groups excluding carboxylic acids is 1. The molecule has 112 valence electrons. The number of nitrogens with two attached hydrogens (primary N) is 1. The zero-order valence-electron chi connectivity index (χ0n) is 12.2. The standard InChI is InChI=1S/C15H25N3O2/c1-2-8-18-10-12(16)9-13(18)14(19)17-11-15(20)6-4-3-5-7-15/h9-10,20H,2-8,11,16H2,1H3,(H,17,19). The fourth-order valence-electron chi connectivity index (χ4n) is 2.87. The van der Waals surface area contributed by atoms with Crippen LogP contribution in [0.25, 0.3) is 0 Å². The Hall–Kier alpha value is -1.49. The maximum atomic E-state index is 12.2. The first-order valence-electron chi connectivity index (χ1n) is 7.50. The molecule has 1 aromatic rings. The van der Waals surface area contributed by atoms with Crippen LogP contribution >= 0.6 is 0 Å². The number of aliphatic hydroxyl groups is 1. The summed E-state index contributed by atoms with van der Waals surface area (Å²) in [5.41, 5.74) is 6.20. The van der Waals surface area contributed by atoms with Gasteiger partial charge >= 0.3 is 0 Å². The summed E-state index contributed by atoms with van der Waals surface area (Å²) in [7, 11) is 0. The van der Waals surface area contributed by atoms with E-state index < -0.39 is 5.60 Å². The highest BCUT2D eigenvalue weighted by Crippen LogP contribution is 2.27. The van der Waals surface area contributed by atoms with Crippen molar-refractivity contribution < 1.29 is 9.90 Å². The Kier molecular flexibility index (Phi) is 4.70. The van der Waals surface area contributed by atoms with Crippen LogP contribution in [0.15, 0.2) is 12.3 Å². The second-order valence-corrected chi connectivity index (χ2v) is 5.82. The van der Waals surface area contributed by atoms with Crippen molar-refractivity contribution in [3.63, 3.8) is 0 Å². The number of anilines is 1. The van der Waals surface area contributed by atoms with E-state index in [1.807, 2.05) is 4.57 Å². The zero-order valence-corrected chi connectivity index (χ0v) is 12.2. The highest BCUT2D eigenvalue weighted by atomic mass is 16.3. The van der Waals surface area contributed by atoms with E-state index in [2.05, 4.69) is 12.2 Å². The molecule has 0 saturated heterocycles. The molecule has 1 amide bonds. The lowest BCUT2D eigenvalue weighted by Crippen LogP contribution is -2.44. The smallest absolute Gasteiger partial charge is 0.268 e. The van der Waals surface area contributed by atoms with E-state index in [-0.39, 0.29) is 5.91 Å². The van der Waals surface area contributed by atoms with E-state index in [9.17, 15) is 9.90 Å². The number of carbonyl (C=O) groups is 1. The lowest BCUT2D eigenvalue weighted by molar-refractivity contribution is 0.00517. The number of hydrogen-bond acceptors (Lipinski definition) is 3. The van der Waals surface area contributed by atoms with Gasteiger partial charge in [0.15, 0.2) is 0 Å². The molecule has 5 nitrogen and oxygen atoms in total. The average Bonchev–Trinajstić information content (AvgIpc) is 2.79. The minimum atomic E-state index is -0.734. The molecule has 20 heavy (non-hydrogen) atoms. The third kappa shape index (κ3) is 3.54. The number of rotatable bonds is 5. The van der Waals surface area contributed by atoms with Crippen molar-refractivity contribution in [1.82, 2.24) is 9.88 Å². The summed E-state index contributed by atoms with van der Waals surface area (Å²) in [4.78, 5) is 12.2. The van der Waals surface area contributed by atoms with Crippen molar-refractivity contribution in [3.8, 4) is 0 Å². The fraction of sp³-hybridized carbons (Fsp3) is 0.667. The Labute approximate surface area is 120 Å². The predicted molar refractivity (Wildman–Crippen MR) is 79.5 cm³/mol. The van der Waals surface area contributed by atoms with Gasteiger partial charge in [-0.2, -0.15) is 0 Å². The van der Waals surface area contributed by atoms with Crippen molar-refractivity contribution in [2.75, 3.05) is 12.3 Å². The molecule has 0 unspecified atom stereocenters. The van der Waals surface area contributed by atoms with Gasteiger partial charge in [0.2, 0.25) is 0 Å². The monoisotopic (exact) mass is 279 g/mol. The summed E-state index contributed by atoms with van der Waals surface area (Å²) in [6, 6.07) is 1.69. The molecular weight excluding hydrogens is 254 g/mol. The van der Waals surface area contributed by atoms with Gasteiger partial charge in [-0.05, 0) is 25.3 Å². The van der Waals surface area contributed by atoms with Crippen LogP contribution in [0, 0.1) is 0 Å². The number of nitrogens with one attached hydrogen (secondary N) is 1. The largest absolute Gasteiger partial charge is 0.397 e. The van der Waals surface area contributed by atoms with Crippen LogP contribution in [0.1, 0.15) is 55.9 Å². The molecular formula is C15H25N3O2. The van der Waals surface area contributed by atoms with Crippen molar-refractivity contribution >= 4 is 11.6 Å². The molecule has 0 bridgehead atoms. The summed E-state index contributed by atoms with van der Waals surface area (Å²) in [6.45, 7) is 3.15.